The number of pyridine rings is 1. The van der Waals surface area contributed by atoms with Crippen molar-refractivity contribution >= 4 is 11.8 Å². The summed E-state index contributed by atoms with van der Waals surface area (Å²) >= 11 is 0. The number of nitroso groups, excluding NO2 is 1. The lowest BCUT2D eigenvalue weighted by Crippen LogP contribution is -2.33. The highest BCUT2D eigenvalue weighted by Gasteiger charge is 2.24. The van der Waals surface area contributed by atoms with E-state index in [0.717, 1.165) is 64.1 Å². The highest BCUT2D eigenvalue weighted by molar-refractivity contribution is 5.41. The molecule has 0 bridgehead atoms. The SMILES string of the molecule is O=Nc1cc(C2CCN(Cc3cccnc3)CC2)nc(N2CCCC2)n1. The van der Waals surface area contributed by atoms with Crippen LogP contribution in [0, 0.1) is 4.91 Å². The molecule has 0 radical (unpaired) electrons. The van der Waals surface area contributed by atoms with Gasteiger partial charge in [-0.05, 0) is 55.6 Å². The Labute approximate surface area is 153 Å². The first kappa shape index (κ1) is 17.0. The van der Waals surface area contributed by atoms with E-state index in [9.17, 15) is 4.91 Å². The molecule has 2 aliphatic rings. The summed E-state index contributed by atoms with van der Waals surface area (Å²) in [5, 5.41) is 3.08. The molecular weight excluding hydrogens is 328 g/mol. The standard InChI is InChI=1S/C19H24N6O/c26-23-18-12-17(21-19(22-18)25-8-1-2-9-25)16-5-10-24(11-6-16)14-15-4-3-7-20-13-15/h3-4,7,12-13,16H,1-2,5-6,8-11,14H2. The minimum atomic E-state index is 0.259. The molecule has 2 aromatic heterocycles. The van der Waals surface area contributed by atoms with Crippen LogP contribution in [0.15, 0.2) is 35.8 Å². The average Bonchev–Trinajstić information content (AvgIpc) is 3.24. The fraction of sp³-hybridized carbons (Fsp3) is 0.526. The van der Waals surface area contributed by atoms with Crippen LogP contribution in [-0.4, -0.2) is 46.0 Å². The quantitative estimate of drug-likeness (QED) is 0.769. The third-order valence-corrected chi connectivity index (χ3v) is 5.34. The number of aromatic nitrogens is 3. The molecule has 0 atom stereocenters. The Morgan fingerprint density at radius 2 is 1.92 bits per heavy atom. The van der Waals surface area contributed by atoms with Gasteiger partial charge >= 0.3 is 0 Å². The van der Waals surface area contributed by atoms with Crippen molar-refractivity contribution < 1.29 is 0 Å². The fourth-order valence-corrected chi connectivity index (χ4v) is 3.89. The number of piperidine rings is 1. The summed E-state index contributed by atoms with van der Waals surface area (Å²) in [5.74, 6) is 1.30. The topological polar surface area (TPSA) is 74.6 Å². The lowest BCUT2D eigenvalue weighted by atomic mass is 9.93. The van der Waals surface area contributed by atoms with E-state index in [1.54, 1.807) is 12.3 Å². The second kappa shape index (κ2) is 7.86. The summed E-state index contributed by atoms with van der Waals surface area (Å²) in [6, 6.07) is 5.87. The van der Waals surface area contributed by atoms with Crippen LogP contribution in [0.25, 0.3) is 0 Å². The van der Waals surface area contributed by atoms with E-state index in [2.05, 4.69) is 31.0 Å². The molecule has 0 aliphatic carbocycles. The second-order valence-corrected chi connectivity index (χ2v) is 7.15. The highest BCUT2D eigenvalue weighted by atomic mass is 16.3. The first-order valence-corrected chi connectivity index (χ1v) is 9.40. The third-order valence-electron chi connectivity index (χ3n) is 5.34. The van der Waals surface area contributed by atoms with E-state index >= 15 is 0 Å². The van der Waals surface area contributed by atoms with Crippen LogP contribution in [0.4, 0.5) is 11.8 Å². The Kier molecular flexibility index (Phi) is 5.15. The van der Waals surface area contributed by atoms with Crippen LogP contribution in [0.2, 0.25) is 0 Å². The van der Waals surface area contributed by atoms with Gasteiger partial charge < -0.3 is 4.90 Å². The normalized spacial score (nSPS) is 19.0. The zero-order valence-corrected chi connectivity index (χ0v) is 14.9. The number of nitrogens with zero attached hydrogens (tertiary/aromatic N) is 6. The largest absolute Gasteiger partial charge is 0.341 e. The Morgan fingerprint density at radius 3 is 2.62 bits per heavy atom. The molecule has 7 nitrogen and oxygen atoms in total. The molecule has 136 valence electrons. The molecule has 0 spiro atoms. The van der Waals surface area contributed by atoms with Crippen LogP contribution in [0.1, 0.15) is 42.9 Å². The van der Waals surface area contributed by atoms with Crippen LogP contribution < -0.4 is 4.90 Å². The molecule has 2 aromatic rings. The van der Waals surface area contributed by atoms with Gasteiger partial charge in [0.05, 0.1) is 5.69 Å². The lowest BCUT2D eigenvalue weighted by molar-refractivity contribution is 0.203. The van der Waals surface area contributed by atoms with Gasteiger partial charge in [-0.1, -0.05) is 6.07 Å². The number of rotatable bonds is 5. The van der Waals surface area contributed by atoms with Crippen molar-refractivity contribution in [3.8, 4) is 0 Å². The molecule has 7 heteroatoms. The maximum atomic E-state index is 11.1. The predicted molar refractivity (Wildman–Crippen MR) is 100 cm³/mol. The smallest absolute Gasteiger partial charge is 0.227 e. The number of likely N-dealkylation sites (tertiary alicyclic amines) is 1. The number of hydrogen-bond acceptors (Lipinski definition) is 7. The zero-order valence-electron chi connectivity index (χ0n) is 14.9. The van der Waals surface area contributed by atoms with E-state index in [-0.39, 0.29) is 5.82 Å². The Morgan fingerprint density at radius 1 is 1.12 bits per heavy atom. The predicted octanol–water partition coefficient (Wildman–Crippen LogP) is 3.25. The van der Waals surface area contributed by atoms with Crippen molar-refractivity contribution in [2.75, 3.05) is 31.1 Å². The lowest BCUT2D eigenvalue weighted by Gasteiger charge is -2.32. The number of anilines is 1. The maximum absolute atomic E-state index is 11.1. The molecule has 2 fully saturated rings. The van der Waals surface area contributed by atoms with Crippen molar-refractivity contribution in [1.82, 2.24) is 19.9 Å². The van der Waals surface area contributed by atoms with E-state index in [1.165, 1.54) is 5.56 Å². The van der Waals surface area contributed by atoms with Gasteiger partial charge in [-0.2, -0.15) is 4.98 Å². The molecule has 2 saturated heterocycles. The van der Waals surface area contributed by atoms with E-state index in [0.29, 0.717) is 11.9 Å². The molecular formula is C19H24N6O. The van der Waals surface area contributed by atoms with Crippen LogP contribution in [0.3, 0.4) is 0 Å². The van der Waals surface area contributed by atoms with Crippen molar-refractivity contribution in [3.05, 3.63) is 46.8 Å². The summed E-state index contributed by atoms with van der Waals surface area (Å²) in [6.45, 7) is 4.90. The molecule has 0 unspecified atom stereocenters. The van der Waals surface area contributed by atoms with Gasteiger partial charge in [0.15, 0.2) is 0 Å². The van der Waals surface area contributed by atoms with Gasteiger partial charge in [-0.3, -0.25) is 9.88 Å². The fourth-order valence-electron chi connectivity index (χ4n) is 3.89. The maximum Gasteiger partial charge on any atom is 0.227 e. The summed E-state index contributed by atoms with van der Waals surface area (Å²) in [4.78, 5) is 29.0. The molecule has 4 rings (SSSR count). The molecule has 2 aliphatic heterocycles. The van der Waals surface area contributed by atoms with Crippen molar-refractivity contribution in [2.45, 2.75) is 38.1 Å². The van der Waals surface area contributed by atoms with Gasteiger partial charge in [0, 0.05) is 44.0 Å². The molecule has 26 heavy (non-hydrogen) atoms. The summed E-state index contributed by atoms with van der Waals surface area (Å²) < 4.78 is 0. The Bertz CT molecular complexity index is 739. The third kappa shape index (κ3) is 3.88. The van der Waals surface area contributed by atoms with Crippen molar-refractivity contribution in [2.24, 2.45) is 5.18 Å². The zero-order chi connectivity index (χ0) is 17.8. The van der Waals surface area contributed by atoms with Crippen LogP contribution in [-0.2, 0) is 6.54 Å². The van der Waals surface area contributed by atoms with Crippen LogP contribution in [0.5, 0.6) is 0 Å². The Hall–Kier alpha value is -2.41. The van der Waals surface area contributed by atoms with Crippen molar-refractivity contribution in [3.63, 3.8) is 0 Å². The Balaban J connectivity index is 1.43. The molecule has 0 amide bonds. The van der Waals surface area contributed by atoms with Gasteiger partial charge in [0.1, 0.15) is 0 Å². The van der Waals surface area contributed by atoms with Crippen molar-refractivity contribution in [1.29, 1.82) is 0 Å². The molecule has 0 N–H and O–H groups in total. The minimum Gasteiger partial charge on any atom is -0.341 e. The number of hydrogen-bond donors (Lipinski definition) is 0. The highest BCUT2D eigenvalue weighted by Crippen LogP contribution is 2.31. The van der Waals surface area contributed by atoms with Gasteiger partial charge in [-0.25, -0.2) is 4.98 Å². The first-order valence-electron chi connectivity index (χ1n) is 9.40. The molecule has 0 saturated carbocycles. The van der Waals surface area contributed by atoms with Gasteiger partial charge in [-0.15, -0.1) is 4.91 Å². The summed E-state index contributed by atoms with van der Waals surface area (Å²) in [7, 11) is 0. The second-order valence-electron chi connectivity index (χ2n) is 7.15. The van der Waals surface area contributed by atoms with Crippen LogP contribution >= 0.6 is 0 Å². The van der Waals surface area contributed by atoms with Gasteiger partial charge in [0.25, 0.3) is 0 Å². The molecule has 4 heterocycles. The average molecular weight is 352 g/mol. The van der Waals surface area contributed by atoms with Gasteiger partial charge in [0.2, 0.25) is 11.8 Å². The monoisotopic (exact) mass is 352 g/mol. The van der Waals surface area contributed by atoms with E-state index in [4.69, 9.17) is 4.98 Å². The van der Waals surface area contributed by atoms with E-state index in [1.807, 2.05) is 12.3 Å². The minimum absolute atomic E-state index is 0.259. The summed E-state index contributed by atoms with van der Waals surface area (Å²) in [5.41, 5.74) is 2.22. The first-order chi connectivity index (χ1) is 12.8. The molecule has 0 aromatic carbocycles. The van der Waals surface area contributed by atoms with E-state index < -0.39 is 0 Å². The summed E-state index contributed by atoms with van der Waals surface area (Å²) in [6.07, 6.45) is 8.13.